The minimum absolute atomic E-state index is 0.0709. The molecule has 0 aromatic heterocycles. The van der Waals surface area contributed by atoms with Crippen molar-refractivity contribution < 1.29 is 36.8 Å². The highest BCUT2D eigenvalue weighted by molar-refractivity contribution is 6.04. The SMILES string of the molecule is CCN1OCC(N(C)C(=O)C2CC=C(C3=NOC(c4cc(C)c(F)c(C)c4)(C(F)(F)F)C3)C=C2C)C1=O. The number of nitrogens with zero attached hydrogens (tertiary/aromatic N) is 3. The first kappa shape index (κ1) is 26.8. The third-order valence-corrected chi connectivity index (χ3v) is 7.25. The fourth-order valence-electron chi connectivity index (χ4n) is 4.96. The molecular formula is C26H29F4N3O4. The van der Waals surface area contributed by atoms with E-state index in [9.17, 15) is 27.2 Å². The van der Waals surface area contributed by atoms with Crippen molar-refractivity contribution in [1.82, 2.24) is 9.96 Å². The first-order valence-electron chi connectivity index (χ1n) is 12.0. The summed E-state index contributed by atoms with van der Waals surface area (Å²) < 4.78 is 57.2. The lowest BCUT2D eigenvalue weighted by molar-refractivity contribution is -0.275. The summed E-state index contributed by atoms with van der Waals surface area (Å²) in [6.07, 6.45) is -1.89. The summed E-state index contributed by atoms with van der Waals surface area (Å²) in [6, 6.07) is 1.55. The number of amides is 2. The van der Waals surface area contributed by atoms with Gasteiger partial charge in [0.15, 0.2) is 0 Å². The number of rotatable bonds is 5. The number of halogens is 4. The fraction of sp³-hybridized carbons (Fsp3) is 0.500. The van der Waals surface area contributed by atoms with Gasteiger partial charge in [-0.1, -0.05) is 22.9 Å². The predicted octanol–water partition coefficient (Wildman–Crippen LogP) is 4.49. The van der Waals surface area contributed by atoms with Crippen LogP contribution in [0, 0.1) is 25.6 Å². The molecule has 0 spiro atoms. The maximum absolute atomic E-state index is 14.4. The monoisotopic (exact) mass is 523 g/mol. The zero-order valence-electron chi connectivity index (χ0n) is 21.3. The molecule has 200 valence electrons. The van der Waals surface area contributed by atoms with Crippen LogP contribution in [0.5, 0.6) is 0 Å². The lowest BCUT2D eigenvalue weighted by Gasteiger charge is -2.30. The fourth-order valence-corrected chi connectivity index (χ4v) is 4.96. The van der Waals surface area contributed by atoms with Gasteiger partial charge in [-0.25, -0.2) is 9.45 Å². The molecule has 7 nitrogen and oxygen atoms in total. The van der Waals surface area contributed by atoms with Crippen molar-refractivity contribution in [2.45, 2.75) is 58.4 Å². The summed E-state index contributed by atoms with van der Waals surface area (Å²) >= 11 is 0. The van der Waals surface area contributed by atoms with Crippen LogP contribution in [-0.4, -0.2) is 59.9 Å². The molecule has 0 N–H and O–H groups in total. The zero-order chi connectivity index (χ0) is 27.3. The number of hydrogen-bond acceptors (Lipinski definition) is 5. The minimum Gasteiger partial charge on any atom is -0.374 e. The molecule has 3 unspecified atom stereocenters. The molecule has 1 aliphatic carbocycles. The van der Waals surface area contributed by atoms with Gasteiger partial charge in [0.05, 0.1) is 11.6 Å². The van der Waals surface area contributed by atoms with E-state index in [2.05, 4.69) is 5.16 Å². The van der Waals surface area contributed by atoms with E-state index in [1.807, 2.05) is 0 Å². The third-order valence-electron chi connectivity index (χ3n) is 7.25. The van der Waals surface area contributed by atoms with Crippen LogP contribution in [0.3, 0.4) is 0 Å². The van der Waals surface area contributed by atoms with Crippen LogP contribution in [0.15, 0.2) is 40.6 Å². The number of hydroxylamine groups is 2. The first-order valence-corrected chi connectivity index (χ1v) is 12.0. The van der Waals surface area contributed by atoms with Gasteiger partial charge < -0.3 is 9.74 Å². The second kappa shape index (κ2) is 9.59. The molecule has 1 aromatic rings. The Labute approximate surface area is 212 Å². The number of allylic oxidation sites excluding steroid dienone is 3. The number of carbonyl (C=O) groups is 2. The second-order valence-electron chi connectivity index (χ2n) is 9.68. The number of carbonyl (C=O) groups excluding carboxylic acids is 2. The van der Waals surface area contributed by atoms with Crippen LogP contribution in [0.4, 0.5) is 17.6 Å². The lowest BCUT2D eigenvalue weighted by atomic mass is 9.82. The molecule has 37 heavy (non-hydrogen) atoms. The molecule has 0 saturated carbocycles. The molecule has 3 aliphatic rings. The molecule has 11 heteroatoms. The van der Waals surface area contributed by atoms with Crippen LogP contribution in [-0.2, 0) is 24.9 Å². The number of hydrogen-bond donors (Lipinski definition) is 0. The third kappa shape index (κ3) is 4.54. The molecule has 3 atom stereocenters. The number of aryl methyl sites for hydroxylation is 2. The van der Waals surface area contributed by atoms with Gasteiger partial charge >= 0.3 is 6.18 Å². The summed E-state index contributed by atoms with van der Waals surface area (Å²) in [6.45, 7) is 6.73. The molecule has 4 rings (SSSR count). The van der Waals surface area contributed by atoms with Gasteiger partial charge in [-0.05, 0) is 62.9 Å². The van der Waals surface area contributed by atoms with Crippen molar-refractivity contribution in [2.75, 3.05) is 20.2 Å². The Morgan fingerprint density at radius 2 is 1.89 bits per heavy atom. The Kier molecular flexibility index (Phi) is 6.96. The summed E-state index contributed by atoms with van der Waals surface area (Å²) in [5.41, 5.74) is -1.63. The van der Waals surface area contributed by atoms with Crippen molar-refractivity contribution in [3.63, 3.8) is 0 Å². The Morgan fingerprint density at radius 3 is 2.43 bits per heavy atom. The van der Waals surface area contributed by atoms with Crippen molar-refractivity contribution in [1.29, 1.82) is 0 Å². The van der Waals surface area contributed by atoms with Gasteiger partial charge in [0, 0.05) is 25.6 Å². The van der Waals surface area contributed by atoms with E-state index in [1.165, 1.54) is 23.8 Å². The van der Waals surface area contributed by atoms with Gasteiger partial charge in [-0.3, -0.25) is 14.4 Å². The van der Waals surface area contributed by atoms with Crippen LogP contribution in [0.25, 0.3) is 0 Å². The van der Waals surface area contributed by atoms with Crippen molar-refractivity contribution in [3.8, 4) is 0 Å². The summed E-state index contributed by atoms with van der Waals surface area (Å²) in [5, 5.41) is 5.01. The molecule has 2 aliphatic heterocycles. The first-order chi connectivity index (χ1) is 17.3. The van der Waals surface area contributed by atoms with E-state index < -0.39 is 36.0 Å². The molecule has 0 radical (unpaired) electrons. The molecular weight excluding hydrogens is 494 g/mol. The normalized spacial score (nSPS) is 26.0. The summed E-state index contributed by atoms with van der Waals surface area (Å²) in [5.74, 6) is -1.72. The Morgan fingerprint density at radius 1 is 1.24 bits per heavy atom. The number of likely N-dealkylation sites (N-methyl/N-ethyl adjacent to an activating group) is 2. The lowest BCUT2D eigenvalue weighted by Crippen LogP contribution is -2.46. The van der Waals surface area contributed by atoms with Gasteiger partial charge in [-0.15, -0.1) is 0 Å². The molecule has 1 aromatic carbocycles. The van der Waals surface area contributed by atoms with E-state index in [4.69, 9.17) is 9.68 Å². The summed E-state index contributed by atoms with van der Waals surface area (Å²) in [4.78, 5) is 37.4. The van der Waals surface area contributed by atoms with Gasteiger partial charge in [0.25, 0.3) is 11.5 Å². The molecule has 2 amide bonds. The average molecular weight is 524 g/mol. The zero-order valence-corrected chi connectivity index (χ0v) is 21.3. The summed E-state index contributed by atoms with van der Waals surface area (Å²) in [7, 11) is 1.54. The van der Waals surface area contributed by atoms with Gasteiger partial charge in [0.1, 0.15) is 18.5 Å². The van der Waals surface area contributed by atoms with E-state index in [1.54, 1.807) is 33.0 Å². The number of benzene rings is 1. The Balaban J connectivity index is 1.53. The van der Waals surface area contributed by atoms with Crippen LogP contribution in [0.1, 0.15) is 43.4 Å². The average Bonchev–Trinajstić information content (AvgIpc) is 3.46. The van der Waals surface area contributed by atoms with Crippen LogP contribution < -0.4 is 0 Å². The second-order valence-corrected chi connectivity index (χ2v) is 9.68. The van der Waals surface area contributed by atoms with Gasteiger partial charge in [-0.2, -0.15) is 13.2 Å². The highest BCUT2D eigenvalue weighted by atomic mass is 19.4. The van der Waals surface area contributed by atoms with Crippen molar-refractivity contribution in [3.05, 3.63) is 57.9 Å². The van der Waals surface area contributed by atoms with Crippen molar-refractivity contribution in [2.24, 2.45) is 11.1 Å². The van der Waals surface area contributed by atoms with E-state index >= 15 is 0 Å². The topological polar surface area (TPSA) is 71.4 Å². The van der Waals surface area contributed by atoms with E-state index in [0.29, 0.717) is 17.7 Å². The number of oxime groups is 1. The molecule has 2 heterocycles. The van der Waals surface area contributed by atoms with E-state index in [0.717, 1.165) is 12.1 Å². The maximum atomic E-state index is 14.4. The Bertz CT molecular complexity index is 1200. The van der Waals surface area contributed by atoms with Crippen LogP contribution >= 0.6 is 0 Å². The highest BCUT2D eigenvalue weighted by Gasteiger charge is 2.62. The van der Waals surface area contributed by atoms with Gasteiger partial charge in [0.2, 0.25) is 5.91 Å². The molecule has 1 saturated heterocycles. The highest BCUT2D eigenvalue weighted by Crippen LogP contribution is 2.49. The minimum atomic E-state index is -4.81. The van der Waals surface area contributed by atoms with Crippen molar-refractivity contribution >= 4 is 17.5 Å². The Hall–Kier alpha value is -3.21. The predicted molar refractivity (Wildman–Crippen MR) is 127 cm³/mol. The molecule has 1 fully saturated rings. The quantitative estimate of drug-likeness (QED) is 0.534. The van der Waals surface area contributed by atoms with Crippen LogP contribution in [0.2, 0.25) is 0 Å². The number of alkyl halides is 3. The molecule has 0 bridgehead atoms. The maximum Gasteiger partial charge on any atom is 0.435 e. The smallest absolute Gasteiger partial charge is 0.374 e. The van der Waals surface area contributed by atoms with E-state index in [-0.39, 0.29) is 47.2 Å². The standard InChI is InChI=1S/C26H29F4N3O4/c1-6-33-24(35)21(13-36-33)32(5)23(34)19-8-7-17(9-14(19)2)20-12-25(37-31-20,26(28,29)30)18-10-15(3)22(27)16(4)11-18/h7,9-11,19,21H,6,8,12-13H2,1-5H3. The largest absolute Gasteiger partial charge is 0.435 e.